The molecule has 0 saturated heterocycles. The molecule has 2 heteroatoms. The molecule has 1 amide bonds. The van der Waals surface area contributed by atoms with Crippen LogP contribution in [0.2, 0.25) is 0 Å². The minimum absolute atomic E-state index is 0.228. The third-order valence-corrected chi connectivity index (χ3v) is 3.09. The predicted molar refractivity (Wildman–Crippen MR) is 60.2 cm³/mol. The van der Waals surface area contributed by atoms with Gasteiger partial charge in [-0.1, -0.05) is 43.7 Å². The second-order valence-electron chi connectivity index (χ2n) is 4.21. The minimum atomic E-state index is 0.228. The average molecular weight is 203 g/mol. The molecule has 1 aromatic carbocycles. The first-order chi connectivity index (χ1) is 7.31. The highest BCUT2D eigenvalue weighted by Gasteiger charge is 2.40. The number of nitrogens with one attached hydrogen (secondary N) is 1. The lowest BCUT2D eigenvalue weighted by Gasteiger charge is -2.04. The lowest BCUT2D eigenvalue weighted by molar-refractivity contribution is -0.122. The van der Waals surface area contributed by atoms with Gasteiger partial charge in [0.05, 0.1) is 0 Å². The summed E-state index contributed by atoms with van der Waals surface area (Å²) in [6.07, 6.45) is 2.21. The van der Waals surface area contributed by atoms with Gasteiger partial charge >= 0.3 is 0 Å². The van der Waals surface area contributed by atoms with Gasteiger partial charge in [0, 0.05) is 12.5 Å². The molecule has 0 heterocycles. The van der Waals surface area contributed by atoms with Gasteiger partial charge in [-0.25, -0.2) is 0 Å². The Morgan fingerprint density at radius 3 is 2.73 bits per heavy atom. The van der Waals surface area contributed by atoms with Crippen molar-refractivity contribution in [2.45, 2.75) is 26.3 Å². The van der Waals surface area contributed by atoms with Crippen molar-refractivity contribution in [3.8, 4) is 0 Å². The molecule has 0 radical (unpaired) electrons. The Bertz CT molecular complexity index is 334. The van der Waals surface area contributed by atoms with E-state index in [1.54, 1.807) is 0 Å². The molecule has 2 atom stereocenters. The van der Waals surface area contributed by atoms with Crippen molar-refractivity contribution in [2.75, 3.05) is 0 Å². The van der Waals surface area contributed by atoms with Gasteiger partial charge in [0.2, 0.25) is 5.91 Å². The number of hydrogen-bond donors (Lipinski definition) is 1. The van der Waals surface area contributed by atoms with Crippen LogP contribution in [0.5, 0.6) is 0 Å². The van der Waals surface area contributed by atoms with Crippen molar-refractivity contribution >= 4 is 5.91 Å². The largest absolute Gasteiger partial charge is 0.352 e. The summed E-state index contributed by atoms with van der Waals surface area (Å²) in [5.41, 5.74) is 1.17. The van der Waals surface area contributed by atoms with E-state index >= 15 is 0 Å². The lowest BCUT2D eigenvalue weighted by atomic mass is 10.2. The molecule has 2 nitrogen and oxygen atoms in total. The van der Waals surface area contributed by atoms with Gasteiger partial charge in [0.25, 0.3) is 0 Å². The van der Waals surface area contributed by atoms with E-state index in [4.69, 9.17) is 0 Å². The van der Waals surface area contributed by atoms with Crippen molar-refractivity contribution in [1.82, 2.24) is 5.32 Å². The SMILES string of the molecule is CCC1CC1C(=O)NCc1ccccc1. The van der Waals surface area contributed by atoms with Crippen LogP contribution in [0.4, 0.5) is 0 Å². The fraction of sp³-hybridized carbons (Fsp3) is 0.462. The number of amides is 1. The van der Waals surface area contributed by atoms with Crippen LogP contribution in [0.1, 0.15) is 25.3 Å². The molecule has 1 fully saturated rings. The minimum Gasteiger partial charge on any atom is -0.352 e. The van der Waals surface area contributed by atoms with Crippen LogP contribution >= 0.6 is 0 Å². The summed E-state index contributed by atoms with van der Waals surface area (Å²) in [5, 5.41) is 2.99. The zero-order valence-electron chi connectivity index (χ0n) is 9.07. The van der Waals surface area contributed by atoms with Crippen molar-refractivity contribution in [2.24, 2.45) is 11.8 Å². The van der Waals surface area contributed by atoms with Gasteiger partial charge in [-0.15, -0.1) is 0 Å². The van der Waals surface area contributed by atoms with Crippen molar-refractivity contribution in [1.29, 1.82) is 0 Å². The van der Waals surface area contributed by atoms with E-state index in [-0.39, 0.29) is 5.91 Å². The van der Waals surface area contributed by atoms with Crippen LogP contribution in [0.25, 0.3) is 0 Å². The second kappa shape index (κ2) is 4.47. The van der Waals surface area contributed by atoms with Gasteiger partial charge < -0.3 is 5.32 Å². The van der Waals surface area contributed by atoms with Crippen LogP contribution in [-0.4, -0.2) is 5.91 Å². The summed E-state index contributed by atoms with van der Waals surface area (Å²) in [5.74, 6) is 1.16. The predicted octanol–water partition coefficient (Wildman–Crippen LogP) is 2.35. The maximum atomic E-state index is 11.6. The fourth-order valence-electron chi connectivity index (χ4n) is 1.94. The van der Waals surface area contributed by atoms with E-state index in [0.29, 0.717) is 18.4 Å². The van der Waals surface area contributed by atoms with Crippen LogP contribution in [0.15, 0.2) is 30.3 Å². The number of hydrogen-bond acceptors (Lipinski definition) is 1. The molecule has 1 aliphatic rings. The Morgan fingerprint density at radius 1 is 1.40 bits per heavy atom. The molecule has 80 valence electrons. The fourth-order valence-corrected chi connectivity index (χ4v) is 1.94. The second-order valence-corrected chi connectivity index (χ2v) is 4.21. The summed E-state index contributed by atoms with van der Waals surface area (Å²) in [6, 6.07) is 10.0. The quantitative estimate of drug-likeness (QED) is 0.799. The molecule has 1 N–H and O–H groups in total. The summed E-state index contributed by atoms with van der Waals surface area (Å²) in [7, 11) is 0. The molecule has 1 aliphatic carbocycles. The molecule has 2 unspecified atom stereocenters. The molecule has 1 saturated carbocycles. The Labute approximate surface area is 90.7 Å². The van der Waals surface area contributed by atoms with E-state index in [1.165, 1.54) is 5.56 Å². The van der Waals surface area contributed by atoms with E-state index in [1.807, 2.05) is 30.3 Å². The molecule has 0 bridgehead atoms. The molecular formula is C13H17NO. The summed E-state index contributed by atoms with van der Waals surface area (Å²) < 4.78 is 0. The average Bonchev–Trinajstić information content (AvgIpc) is 3.06. The summed E-state index contributed by atoms with van der Waals surface area (Å²) in [4.78, 5) is 11.6. The van der Waals surface area contributed by atoms with Crippen molar-refractivity contribution in [3.63, 3.8) is 0 Å². The zero-order chi connectivity index (χ0) is 10.7. The monoisotopic (exact) mass is 203 g/mol. The number of carbonyl (C=O) groups is 1. The van der Waals surface area contributed by atoms with E-state index in [0.717, 1.165) is 12.8 Å². The van der Waals surface area contributed by atoms with E-state index in [9.17, 15) is 4.79 Å². The number of carbonyl (C=O) groups excluding carboxylic acids is 1. The first kappa shape index (κ1) is 10.2. The van der Waals surface area contributed by atoms with Crippen molar-refractivity contribution in [3.05, 3.63) is 35.9 Å². The smallest absolute Gasteiger partial charge is 0.223 e. The molecule has 0 aromatic heterocycles. The highest BCUT2D eigenvalue weighted by molar-refractivity contribution is 5.81. The van der Waals surface area contributed by atoms with Gasteiger partial charge in [0.15, 0.2) is 0 Å². The molecular weight excluding hydrogens is 186 g/mol. The van der Waals surface area contributed by atoms with Crippen LogP contribution < -0.4 is 5.32 Å². The molecule has 2 rings (SSSR count). The van der Waals surface area contributed by atoms with E-state index < -0.39 is 0 Å². The summed E-state index contributed by atoms with van der Waals surface area (Å²) in [6.45, 7) is 2.81. The first-order valence-corrected chi connectivity index (χ1v) is 5.63. The standard InChI is InChI=1S/C13H17NO/c1-2-11-8-12(11)13(15)14-9-10-6-4-3-5-7-10/h3-7,11-12H,2,8-9H2,1H3,(H,14,15). The maximum absolute atomic E-state index is 11.6. The van der Waals surface area contributed by atoms with Crippen LogP contribution in [-0.2, 0) is 11.3 Å². The molecule has 1 aromatic rings. The summed E-state index contributed by atoms with van der Waals surface area (Å²) >= 11 is 0. The highest BCUT2D eigenvalue weighted by Crippen LogP contribution is 2.40. The van der Waals surface area contributed by atoms with Gasteiger partial charge in [-0.2, -0.15) is 0 Å². The topological polar surface area (TPSA) is 29.1 Å². The van der Waals surface area contributed by atoms with Gasteiger partial charge in [-0.3, -0.25) is 4.79 Å². The normalized spacial score (nSPS) is 23.5. The van der Waals surface area contributed by atoms with Crippen LogP contribution in [0, 0.1) is 11.8 Å². The lowest BCUT2D eigenvalue weighted by Crippen LogP contribution is -2.24. The number of rotatable bonds is 4. The Balaban J connectivity index is 1.77. The Kier molecular flexibility index (Phi) is 3.05. The third-order valence-electron chi connectivity index (χ3n) is 3.09. The van der Waals surface area contributed by atoms with Gasteiger partial charge in [-0.05, 0) is 17.9 Å². The molecule has 0 aliphatic heterocycles. The first-order valence-electron chi connectivity index (χ1n) is 5.63. The van der Waals surface area contributed by atoms with Crippen LogP contribution in [0.3, 0.4) is 0 Å². The van der Waals surface area contributed by atoms with E-state index in [2.05, 4.69) is 12.2 Å². The zero-order valence-corrected chi connectivity index (χ0v) is 9.07. The maximum Gasteiger partial charge on any atom is 0.223 e. The Hall–Kier alpha value is -1.31. The Morgan fingerprint density at radius 2 is 2.13 bits per heavy atom. The van der Waals surface area contributed by atoms with Gasteiger partial charge in [0.1, 0.15) is 0 Å². The number of benzene rings is 1. The third kappa shape index (κ3) is 2.58. The van der Waals surface area contributed by atoms with Crippen molar-refractivity contribution < 1.29 is 4.79 Å². The molecule has 15 heavy (non-hydrogen) atoms. The molecule has 0 spiro atoms. The highest BCUT2D eigenvalue weighted by atomic mass is 16.2.